The van der Waals surface area contributed by atoms with Crippen molar-refractivity contribution in [3.05, 3.63) is 35.1 Å². The van der Waals surface area contributed by atoms with Gasteiger partial charge in [0.25, 0.3) is 0 Å². The molecule has 4 N–H and O–H groups in total. The monoisotopic (exact) mass is 386 g/mol. The summed E-state index contributed by atoms with van der Waals surface area (Å²) in [6.45, 7) is 0.593. The molecule has 0 spiro atoms. The standard InChI is InChI=1S/C17H23FN2O5S/c18-14-9-13(2-1-12(14)10-19-26(23)24)17(5-7-25-8-6-17)15(22)20-16(11-21)3-4-16/h1-2,9,19,21H,3-8,10-11H2,(H,20,22)(H,23,24). The second-order valence-corrected chi connectivity index (χ2v) is 7.75. The van der Waals surface area contributed by atoms with E-state index in [0.29, 0.717) is 31.6 Å². The Hall–Kier alpha value is -1.39. The smallest absolute Gasteiger partial charge is 0.232 e. The molecule has 1 saturated heterocycles. The van der Waals surface area contributed by atoms with Crippen molar-refractivity contribution in [2.75, 3.05) is 19.8 Å². The summed E-state index contributed by atoms with van der Waals surface area (Å²) in [5, 5.41) is 12.4. The molecule has 2 fully saturated rings. The highest BCUT2D eigenvalue weighted by Gasteiger charge is 2.49. The van der Waals surface area contributed by atoms with Crippen molar-refractivity contribution in [3.8, 4) is 0 Å². The van der Waals surface area contributed by atoms with Crippen molar-refractivity contribution in [1.82, 2.24) is 10.0 Å². The first kappa shape index (κ1) is 19.4. The summed E-state index contributed by atoms with van der Waals surface area (Å²) in [5.74, 6) is -0.753. The Morgan fingerprint density at radius 2 is 1.96 bits per heavy atom. The molecular weight excluding hydrogens is 363 g/mol. The summed E-state index contributed by atoms with van der Waals surface area (Å²) < 4.78 is 41.6. The number of halogens is 1. The lowest BCUT2D eigenvalue weighted by Crippen LogP contribution is -2.52. The molecule has 1 unspecified atom stereocenters. The lowest BCUT2D eigenvalue weighted by atomic mass is 9.73. The van der Waals surface area contributed by atoms with Gasteiger partial charge in [-0.25, -0.2) is 13.3 Å². The Morgan fingerprint density at radius 1 is 1.27 bits per heavy atom. The molecule has 9 heteroatoms. The van der Waals surface area contributed by atoms with Crippen LogP contribution in [0.5, 0.6) is 0 Å². The van der Waals surface area contributed by atoms with Gasteiger partial charge in [-0.15, -0.1) is 0 Å². The quantitative estimate of drug-likeness (QED) is 0.517. The molecule has 144 valence electrons. The summed E-state index contributed by atoms with van der Waals surface area (Å²) in [5.41, 5.74) is -0.655. The van der Waals surface area contributed by atoms with Crippen molar-refractivity contribution in [1.29, 1.82) is 0 Å². The van der Waals surface area contributed by atoms with Crippen LogP contribution in [0.25, 0.3) is 0 Å². The average molecular weight is 386 g/mol. The molecule has 0 aromatic heterocycles. The van der Waals surface area contributed by atoms with E-state index < -0.39 is 28.0 Å². The zero-order valence-electron chi connectivity index (χ0n) is 14.3. The van der Waals surface area contributed by atoms with E-state index in [9.17, 15) is 18.5 Å². The van der Waals surface area contributed by atoms with Crippen molar-refractivity contribution < 1.29 is 27.8 Å². The fourth-order valence-corrected chi connectivity index (χ4v) is 3.61. The fraction of sp³-hybridized carbons (Fsp3) is 0.588. The van der Waals surface area contributed by atoms with E-state index in [1.54, 1.807) is 6.07 Å². The number of carbonyl (C=O) groups is 1. The maximum Gasteiger partial charge on any atom is 0.232 e. The van der Waals surface area contributed by atoms with E-state index in [2.05, 4.69) is 10.0 Å². The van der Waals surface area contributed by atoms with Crippen LogP contribution in [0, 0.1) is 5.82 Å². The van der Waals surface area contributed by atoms with Crippen LogP contribution in [-0.2, 0) is 32.8 Å². The number of benzene rings is 1. The zero-order valence-corrected chi connectivity index (χ0v) is 15.1. The Bertz CT molecular complexity index is 704. The van der Waals surface area contributed by atoms with E-state index in [-0.39, 0.29) is 24.6 Å². The molecule has 1 atom stereocenters. The van der Waals surface area contributed by atoms with E-state index >= 15 is 0 Å². The first-order chi connectivity index (χ1) is 12.4. The van der Waals surface area contributed by atoms with Gasteiger partial charge in [0.05, 0.1) is 17.6 Å². The third kappa shape index (κ3) is 3.96. The van der Waals surface area contributed by atoms with Gasteiger partial charge < -0.3 is 15.2 Å². The summed E-state index contributed by atoms with van der Waals surface area (Å²) in [6, 6.07) is 4.53. The minimum Gasteiger partial charge on any atom is -0.394 e. The van der Waals surface area contributed by atoms with Crippen molar-refractivity contribution >= 4 is 17.2 Å². The van der Waals surface area contributed by atoms with E-state index in [1.807, 2.05) is 0 Å². The zero-order chi connectivity index (χ0) is 18.8. The van der Waals surface area contributed by atoms with Gasteiger partial charge in [-0.05, 0) is 37.3 Å². The van der Waals surface area contributed by atoms with Crippen LogP contribution in [-0.4, -0.2) is 45.1 Å². The number of carbonyl (C=O) groups excluding carboxylic acids is 1. The molecule has 0 bridgehead atoms. The number of nitrogens with one attached hydrogen (secondary N) is 2. The Kier molecular flexibility index (Phi) is 5.73. The molecule has 2 aliphatic rings. The maximum absolute atomic E-state index is 14.5. The van der Waals surface area contributed by atoms with Gasteiger partial charge in [0.2, 0.25) is 17.2 Å². The molecule has 7 nitrogen and oxygen atoms in total. The number of rotatable bonds is 7. The molecular formula is C17H23FN2O5S. The summed E-state index contributed by atoms with van der Waals surface area (Å²) >= 11 is -2.23. The van der Waals surface area contributed by atoms with Gasteiger partial charge in [0.1, 0.15) is 5.82 Å². The lowest BCUT2D eigenvalue weighted by molar-refractivity contribution is -0.131. The highest BCUT2D eigenvalue weighted by Crippen LogP contribution is 2.40. The number of hydrogen-bond donors (Lipinski definition) is 4. The normalized spacial score (nSPS) is 21.8. The molecule has 1 aliphatic heterocycles. The predicted molar refractivity (Wildman–Crippen MR) is 92.9 cm³/mol. The first-order valence-electron chi connectivity index (χ1n) is 8.55. The molecule has 1 heterocycles. The summed E-state index contributed by atoms with van der Waals surface area (Å²) in [7, 11) is 0. The van der Waals surface area contributed by atoms with Gasteiger partial charge in [0.15, 0.2) is 0 Å². The van der Waals surface area contributed by atoms with E-state index in [1.165, 1.54) is 12.1 Å². The van der Waals surface area contributed by atoms with Crippen LogP contribution in [0.4, 0.5) is 4.39 Å². The lowest BCUT2D eigenvalue weighted by Gasteiger charge is -2.37. The van der Waals surface area contributed by atoms with Crippen LogP contribution in [0.15, 0.2) is 18.2 Å². The number of amides is 1. The van der Waals surface area contributed by atoms with Gasteiger partial charge in [0, 0.05) is 25.3 Å². The molecule has 0 radical (unpaired) electrons. The minimum atomic E-state index is -2.23. The van der Waals surface area contributed by atoms with Gasteiger partial charge in [-0.2, -0.15) is 0 Å². The highest BCUT2D eigenvalue weighted by molar-refractivity contribution is 7.77. The third-order valence-electron chi connectivity index (χ3n) is 5.31. The Morgan fingerprint density at radius 3 is 2.50 bits per heavy atom. The van der Waals surface area contributed by atoms with Crippen molar-refractivity contribution in [3.63, 3.8) is 0 Å². The second kappa shape index (κ2) is 7.69. The molecule has 3 rings (SSSR count). The van der Waals surface area contributed by atoms with E-state index in [4.69, 9.17) is 9.29 Å². The molecule has 1 aromatic rings. The van der Waals surface area contributed by atoms with Crippen LogP contribution in [0.2, 0.25) is 0 Å². The van der Waals surface area contributed by atoms with Gasteiger partial charge in [-0.1, -0.05) is 12.1 Å². The number of aliphatic hydroxyl groups is 1. The molecule has 1 saturated carbocycles. The number of hydrogen-bond acceptors (Lipinski definition) is 4. The van der Waals surface area contributed by atoms with Gasteiger partial charge in [-0.3, -0.25) is 9.35 Å². The highest BCUT2D eigenvalue weighted by atomic mass is 32.2. The largest absolute Gasteiger partial charge is 0.394 e. The molecule has 1 aliphatic carbocycles. The molecule has 1 amide bonds. The van der Waals surface area contributed by atoms with Crippen molar-refractivity contribution in [2.24, 2.45) is 0 Å². The fourth-order valence-electron chi connectivity index (χ4n) is 3.33. The van der Waals surface area contributed by atoms with Crippen LogP contribution in [0.1, 0.15) is 36.8 Å². The number of aliphatic hydroxyl groups excluding tert-OH is 1. The topological polar surface area (TPSA) is 108 Å². The summed E-state index contributed by atoms with van der Waals surface area (Å²) in [6.07, 6.45) is 2.33. The minimum absolute atomic E-state index is 0.0921. The SMILES string of the molecule is O=C(NC1(CO)CC1)C1(c2ccc(CNS(=O)O)c(F)c2)CCOCC1. The maximum atomic E-state index is 14.5. The average Bonchev–Trinajstić information content (AvgIpc) is 3.41. The van der Waals surface area contributed by atoms with Crippen LogP contribution in [0.3, 0.4) is 0 Å². The molecule has 1 aromatic carbocycles. The first-order valence-corrected chi connectivity index (χ1v) is 9.66. The second-order valence-electron chi connectivity index (χ2n) is 6.96. The van der Waals surface area contributed by atoms with Gasteiger partial charge >= 0.3 is 0 Å². The Balaban J connectivity index is 1.86. The van der Waals surface area contributed by atoms with E-state index in [0.717, 1.165) is 12.8 Å². The number of ether oxygens (including phenoxy) is 1. The van der Waals surface area contributed by atoms with Crippen molar-refractivity contribution in [2.45, 2.75) is 43.2 Å². The van der Waals surface area contributed by atoms with Crippen LogP contribution < -0.4 is 10.0 Å². The van der Waals surface area contributed by atoms with Crippen LogP contribution >= 0.6 is 0 Å². The third-order valence-corrected chi connectivity index (χ3v) is 5.70. The summed E-state index contributed by atoms with van der Waals surface area (Å²) in [4.78, 5) is 13.1. The molecule has 26 heavy (non-hydrogen) atoms. The predicted octanol–water partition coefficient (Wildman–Crippen LogP) is 0.741. The Labute approximate surface area is 153 Å².